The molecule has 142 valence electrons. The Kier molecular flexibility index (Phi) is 5.89. The van der Waals surface area contributed by atoms with Gasteiger partial charge in [-0.25, -0.2) is 9.59 Å². The van der Waals surface area contributed by atoms with E-state index < -0.39 is 35.9 Å². The highest BCUT2D eigenvalue weighted by atomic mass is 16.6. The summed E-state index contributed by atoms with van der Waals surface area (Å²) in [7, 11) is 0. The van der Waals surface area contributed by atoms with Gasteiger partial charge in [-0.2, -0.15) is 0 Å². The molecule has 8 heteroatoms. The molecule has 0 bridgehead atoms. The molecule has 4 unspecified atom stereocenters. The van der Waals surface area contributed by atoms with Crippen molar-refractivity contribution in [3.63, 3.8) is 0 Å². The zero-order chi connectivity index (χ0) is 19.5. The quantitative estimate of drug-likeness (QED) is 0.331. The number of rotatable bonds is 6. The SMILES string of the molecule is CCC1(O)CC(C(O)C(C)OC(=O)/C=C/c2ccc(O)c(O)c2)OC1=O. The minimum absolute atomic E-state index is 0.0754. The van der Waals surface area contributed by atoms with E-state index in [1.165, 1.54) is 31.2 Å². The Morgan fingerprint density at radius 3 is 2.69 bits per heavy atom. The van der Waals surface area contributed by atoms with Gasteiger partial charge in [0.25, 0.3) is 0 Å². The van der Waals surface area contributed by atoms with Crippen LogP contribution in [0.4, 0.5) is 0 Å². The van der Waals surface area contributed by atoms with Gasteiger partial charge >= 0.3 is 11.9 Å². The second-order valence-corrected chi connectivity index (χ2v) is 6.25. The highest BCUT2D eigenvalue weighted by Gasteiger charge is 2.49. The zero-order valence-corrected chi connectivity index (χ0v) is 14.5. The average Bonchev–Trinajstić information content (AvgIpc) is 2.91. The monoisotopic (exact) mass is 366 g/mol. The van der Waals surface area contributed by atoms with Crippen LogP contribution in [0, 0.1) is 0 Å². The molecule has 0 radical (unpaired) electrons. The third-order valence-corrected chi connectivity index (χ3v) is 4.34. The molecule has 0 aliphatic carbocycles. The van der Waals surface area contributed by atoms with Crippen LogP contribution in [-0.2, 0) is 19.1 Å². The van der Waals surface area contributed by atoms with Crippen molar-refractivity contribution in [3.05, 3.63) is 29.8 Å². The Morgan fingerprint density at radius 1 is 1.42 bits per heavy atom. The minimum atomic E-state index is -1.63. The third kappa shape index (κ3) is 4.33. The van der Waals surface area contributed by atoms with Crippen molar-refractivity contribution in [1.82, 2.24) is 0 Å². The van der Waals surface area contributed by atoms with Gasteiger partial charge in [0, 0.05) is 12.5 Å². The van der Waals surface area contributed by atoms with Crippen molar-refractivity contribution < 1.29 is 39.5 Å². The lowest BCUT2D eigenvalue weighted by molar-refractivity contribution is -0.162. The molecule has 0 spiro atoms. The van der Waals surface area contributed by atoms with E-state index in [9.17, 15) is 30.0 Å². The average molecular weight is 366 g/mol. The number of aliphatic hydroxyl groups is 2. The van der Waals surface area contributed by atoms with E-state index in [1.807, 2.05) is 0 Å². The van der Waals surface area contributed by atoms with Gasteiger partial charge in [-0.15, -0.1) is 0 Å². The molecule has 0 aromatic heterocycles. The molecule has 0 amide bonds. The van der Waals surface area contributed by atoms with Gasteiger partial charge in [0.1, 0.15) is 18.3 Å². The van der Waals surface area contributed by atoms with Gasteiger partial charge in [-0.3, -0.25) is 0 Å². The summed E-state index contributed by atoms with van der Waals surface area (Å²) in [5.41, 5.74) is -1.17. The fourth-order valence-corrected chi connectivity index (χ4v) is 2.59. The Labute approximate surface area is 150 Å². The number of carbonyl (C=O) groups is 2. The first-order valence-corrected chi connectivity index (χ1v) is 8.18. The van der Waals surface area contributed by atoms with E-state index in [0.29, 0.717) is 5.56 Å². The van der Waals surface area contributed by atoms with Crippen molar-refractivity contribution in [1.29, 1.82) is 0 Å². The van der Waals surface area contributed by atoms with E-state index in [0.717, 1.165) is 6.08 Å². The Morgan fingerprint density at radius 2 is 2.12 bits per heavy atom. The van der Waals surface area contributed by atoms with E-state index in [4.69, 9.17) is 9.47 Å². The lowest BCUT2D eigenvalue weighted by Gasteiger charge is -2.23. The maximum absolute atomic E-state index is 11.9. The number of carbonyl (C=O) groups excluding carboxylic acids is 2. The minimum Gasteiger partial charge on any atom is -0.504 e. The summed E-state index contributed by atoms with van der Waals surface area (Å²) in [4.78, 5) is 23.5. The van der Waals surface area contributed by atoms with Crippen LogP contribution in [0.5, 0.6) is 11.5 Å². The molecule has 1 fully saturated rings. The maximum atomic E-state index is 11.9. The van der Waals surface area contributed by atoms with Crippen LogP contribution in [0.1, 0.15) is 32.3 Å². The largest absolute Gasteiger partial charge is 0.504 e. The number of phenols is 2. The highest BCUT2D eigenvalue weighted by molar-refractivity contribution is 5.87. The van der Waals surface area contributed by atoms with Gasteiger partial charge in [0.05, 0.1) is 0 Å². The number of esters is 2. The molecule has 26 heavy (non-hydrogen) atoms. The summed E-state index contributed by atoms with van der Waals surface area (Å²) in [6, 6.07) is 4.03. The molecule has 1 heterocycles. The molecule has 1 aliphatic heterocycles. The Balaban J connectivity index is 1.93. The number of phenolic OH excluding ortho intramolecular Hbond substituents is 2. The number of aromatic hydroxyl groups is 2. The molecular formula is C18H22O8. The second-order valence-electron chi connectivity index (χ2n) is 6.25. The molecule has 0 saturated carbocycles. The van der Waals surface area contributed by atoms with Crippen molar-refractivity contribution in [2.75, 3.05) is 0 Å². The summed E-state index contributed by atoms with van der Waals surface area (Å²) >= 11 is 0. The number of hydrogen-bond donors (Lipinski definition) is 4. The summed E-state index contributed by atoms with van der Waals surface area (Å²) < 4.78 is 10.1. The van der Waals surface area contributed by atoms with Gasteiger partial charge in [0.15, 0.2) is 17.1 Å². The van der Waals surface area contributed by atoms with Crippen LogP contribution in [0.25, 0.3) is 6.08 Å². The topological polar surface area (TPSA) is 134 Å². The van der Waals surface area contributed by atoms with Gasteiger partial charge in [-0.05, 0) is 37.1 Å². The number of hydrogen-bond acceptors (Lipinski definition) is 8. The van der Waals surface area contributed by atoms with Crippen molar-refractivity contribution in [3.8, 4) is 11.5 Å². The van der Waals surface area contributed by atoms with E-state index in [1.54, 1.807) is 6.92 Å². The number of ether oxygens (including phenoxy) is 2. The summed E-state index contributed by atoms with van der Waals surface area (Å²) in [6.07, 6.45) is -0.677. The number of cyclic esters (lactones) is 1. The third-order valence-electron chi connectivity index (χ3n) is 4.34. The Bertz CT molecular complexity index is 713. The molecule has 1 aromatic rings. The van der Waals surface area contributed by atoms with Crippen molar-refractivity contribution >= 4 is 18.0 Å². The van der Waals surface area contributed by atoms with Crippen LogP contribution < -0.4 is 0 Å². The van der Waals surface area contributed by atoms with Crippen molar-refractivity contribution in [2.24, 2.45) is 0 Å². The summed E-state index contributed by atoms with van der Waals surface area (Å²) in [5, 5.41) is 38.9. The van der Waals surface area contributed by atoms with E-state index in [-0.39, 0.29) is 24.3 Å². The van der Waals surface area contributed by atoms with Crippen LogP contribution in [0.15, 0.2) is 24.3 Å². The smallest absolute Gasteiger partial charge is 0.338 e. The molecule has 2 rings (SSSR count). The molecule has 8 nitrogen and oxygen atoms in total. The zero-order valence-electron chi connectivity index (χ0n) is 14.5. The standard InChI is InChI=1S/C18H22O8/c1-3-18(24)9-14(26-17(18)23)16(22)10(2)25-15(21)7-5-11-4-6-12(19)13(20)8-11/h4-8,10,14,16,19-20,22,24H,3,9H2,1-2H3/b7-5+. The fourth-order valence-electron chi connectivity index (χ4n) is 2.59. The van der Waals surface area contributed by atoms with Gasteiger partial charge in [-0.1, -0.05) is 13.0 Å². The molecule has 1 aromatic carbocycles. The molecule has 4 N–H and O–H groups in total. The van der Waals surface area contributed by atoms with E-state index >= 15 is 0 Å². The van der Waals surface area contributed by atoms with Crippen LogP contribution >= 0.6 is 0 Å². The first-order valence-electron chi connectivity index (χ1n) is 8.18. The van der Waals surface area contributed by atoms with Gasteiger partial charge < -0.3 is 29.9 Å². The van der Waals surface area contributed by atoms with Crippen LogP contribution in [0.2, 0.25) is 0 Å². The summed E-state index contributed by atoms with van der Waals surface area (Å²) in [6.45, 7) is 3.07. The lowest BCUT2D eigenvalue weighted by Crippen LogP contribution is -2.39. The van der Waals surface area contributed by atoms with Crippen LogP contribution in [0.3, 0.4) is 0 Å². The normalized spacial score (nSPS) is 25.1. The molecular weight excluding hydrogens is 344 g/mol. The van der Waals surface area contributed by atoms with Gasteiger partial charge in [0.2, 0.25) is 0 Å². The summed E-state index contributed by atoms with van der Waals surface area (Å²) in [5.74, 6) is -2.15. The fraction of sp³-hybridized carbons (Fsp3) is 0.444. The number of benzene rings is 1. The molecule has 1 saturated heterocycles. The Hall–Kier alpha value is -2.58. The molecule has 4 atom stereocenters. The first kappa shape index (κ1) is 19.7. The second kappa shape index (κ2) is 7.76. The van der Waals surface area contributed by atoms with E-state index in [2.05, 4.69) is 0 Å². The lowest BCUT2D eigenvalue weighted by atomic mass is 9.93. The molecule has 1 aliphatic rings. The predicted molar refractivity (Wildman–Crippen MR) is 90.1 cm³/mol. The predicted octanol–water partition coefficient (Wildman–Crippen LogP) is 0.860. The highest BCUT2D eigenvalue weighted by Crippen LogP contribution is 2.31. The van der Waals surface area contributed by atoms with Crippen molar-refractivity contribution in [2.45, 2.75) is 50.6 Å². The maximum Gasteiger partial charge on any atom is 0.338 e. The first-order chi connectivity index (χ1) is 12.2. The van der Waals surface area contributed by atoms with Crippen LogP contribution in [-0.4, -0.2) is 56.3 Å². The number of aliphatic hydroxyl groups excluding tert-OH is 1.